The van der Waals surface area contributed by atoms with Crippen LogP contribution >= 0.6 is 0 Å². The highest BCUT2D eigenvalue weighted by Gasteiger charge is 2.36. The van der Waals surface area contributed by atoms with Crippen LogP contribution in [0.3, 0.4) is 0 Å². The summed E-state index contributed by atoms with van der Waals surface area (Å²) in [6.45, 7) is 3.16. The van der Waals surface area contributed by atoms with E-state index in [2.05, 4.69) is 4.65 Å². The average Bonchev–Trinajstić information content (AvgIpc) is 2.18. The number of halogens is 4. The van der Waals surface area contributed by atoms with Gasteiger partial charge in [0.2, 0.25) is 0 Å². The molecule has 18 heavy (non-hydrogen) atoms. The molecule has 0 aromatic heterocycles. The highest BCUT2D eigenvalue weighted by atomic mass is 19.4. The first-order valence-corrected chi connectivity index (χ1v) is 5.07. The topological polar surface area (TPSA) is 38.7 Å². The van der Waals surface area contributed by atoms with E-state index in [9.17, 15) is 22.6 Å². The molecule has 0 radical (unpaired) electrons. The number of hydrogen-bond acceptors (Lipinski definition) is 3. The Balaban J connectivity index is 2.91. The summed E-state index contributed by atoms with van der Waals surface area (Å²) in [6, 6.07) is 2.53. The Bertz CT molecular complexity index is 409. The second-order valence-corrected chi connectivity index (χ2v) is 3.73. The highest BCUT2D eigenvalue weighted by Crippen LogP contribution is 2.34. The largest absolute Gasteiger partial charge is 0.710 e. The summed E-state index contributed by atoms with van der Waals surface area (Å²) in [5.41, 5.74) is -1.46. The molecule has 1 aromatic rings. The molecule has 0 unspecified atom stereocenters. The number of benzene rings is 1. The van der Waals surface area contributed by atoms with Crippen LogP contribution in [0.5, 0.6) is 5.75 Å². The fourth-order valence-corrected chi connectivity index (χ4v) is 1.19. The molecule has 1 N–H and O–H groups in total. The maximum atomic E-state index is 13.5. The van der Waals surface area contributed by atoms with Crippen LogP contribution < -0.4 is 4.65 Å². The summed E-state index contributed by atoms with van der Waals surface area (Å²) in [4.78, 5) is 0. The summed E-state index contributed by atoms with van der Waals surface area (Å²) in [6.07, 6.45) is -5.25. The van der Waals surface area contributed by atoms with E-state index < -0.39 is 36.7 Å². The molecule has 0 atom stereocenters. The Morgan fingerprint density at radius 1 is 1.28 bits per heavy atom. The Kier molecular flexibility index (Phi) is 4.58. The lowest BCUT2D eigenvalue weighted by atomic mass is 10.1. The van der Waals surface area contributed by atoms with E-state index in [-0.39, 0.29) is 0 Å². The zero-order valence-electron chi connectivity index (χ0n) is 9.66. The van der Waals surface area contributed by atoms with Gasteiger partial charge in [-0.15, -0.1) is 0 Å². The fourth-order valence-electron chi connectivity index (χ4n) is 1.19. The quantitative estimate of drug-likeness (QED) is 0.672. The van der Waals surface area contributed by atoms with E-state index in [1.807, 2.05) is 0 Å². The van der Waals surface area contributed by atoms with Crippen molar-refractivity contribution < 1.29 is 31.9 Å². The van der Waals surface area contributed by atoms with Crippen LogP contribution in [0.1, 0.15) is 19.4 Å². The van der Waals surface area contributed by atoms with Gasteiger partial charge in [-0.1, -0.05) is 6.07 Å². The SMILES string of the molecule is CC(C)OB(O)Oc1cccc(C(F)(F)F)c1F. The molecule has 0 bridgehead atoms. The van der Waals surface area contributed by atoms with Crippen molar-refractivity contribution in [1.29, 1.82) is 0 Å². The third-order valence-electron chi connectivity index (χ3n) is 1.89. The van der Waals surface area contributed by atoms with E-state index >= 15 is 0 Å². The predicted octanol–water partition coefficient (Wildman–Crippen LogP) is 2.63. The average molecular weight is 266 g/mol. The maximum Gasteiger partial charge on any atom is 0.710 e. The summed E-state index contributed by atoms with van der Waals surface area (Å²) < 4.78 is 59.9. The molecule has 0 amide bonds. The zero-order valence-corrected chi connectivity index (χ0v) is 9.66. The summed E-state index contributed by atoms with van der Waals surface area (Å²) in [5, 5.41) is 9.20. The zero-order chi connectivity index (χ0) is 13.9. The second kappa shape index (κ2) is 5.58. The predicted molar refractivity (Wildman–Crippen MR) is 56.2 cm³/mol. The van der Waals surface area contributed by atoms with Crippen molar-refractivity contribution in [2.24, 2.45) is 0 Å². The smallest absolute Gasteiger partial charge is 0.509 e. The minimum Gasteiger partial charge on any atom is -0.509 e. The van der Waals surface area contributed by atoms with Gasteiger partial charge in [0.25, 0.3) is 0 Å². The summed E-state index contributed by atoms with van der Waals surface area (Å²) >= 11 is 0. The van der Waals surface area contributed by atoms with Gasteiger partial charge < -0.3 is 14.3 Å². The van der Waals surface area contributed by atoms with Gasteiger partial charge in [-0.05, 0) is 26.0 Å². The highest BCUT2D eigenvalue weighted by molar-refractivity contribution is 6.35. The summed E-state index contributed by atoms with van der Waals surface area (Å²) in [5.74, 6) is -2.31. The molecule has 0 saturated heterocycles. The lowest BCUT2D eigenvalue weighted by molar-refractivity contribution is -0.140. The van der Waals surface area contributed by atoms with Crippen molar-refractivity contribution >= 4 is 7.32 Å². The Hall–Kier alpha value is -1.28. The molecular weight excluding hydrogens is 255 g/mol. The van der Waals surface area contributed by atoms with Gasteiger partial charge in [0.05, 0.1) is 5.56 Å². The third kappa shape index (κ3) is 3.88. The van der Waals surface area contributed by atoms with Crippen molar-refractivity contribution in [3.63, 3.8) is 0 Å². The molecular formula is C10H11BF4O3. The van der Waals surface area contributed by atoms with Crippen molar-refractivity contribution in [2.45, 2.75) is 26.1 Å². The Morgan fingerprint density at radius 2 is 1.89 bits per heavy atom. The first kappa shape index (κ1) is 14.8. The minimum absolute atomic E-state index is 0.422. The van der Waals surface area contributed by atoms with Crippen LogP contribution in [0.15, 0.2) is 18.2 Å². The molecule has 0 spiro atoms. The van der Waals surface area contributed by atoms with Crippen LogP contribution in [0, 0.1) is 5.82 Å². The van der Waals surface area contributed by atoms with Crippen LogP contribution in [0.4, 0.5) is 17.6 Å². The molecule has 0 heterocycles. The van der Waals surface area contributed by atoms with Gasteiger partial charge in [-0.2, -0.15) is 13.2 Å². The molecule has 8 heteroatoms. The first-order chi connectivity index (χ1) is 8.21. The minimum atomic E-state index is -4.83. The molecule has 3 nitrogen and oxygen atoms in total. The van der Waals surface area contributed by atoms with Gasteiger partial charge >= 0.3 is 13.5 Å². The van der Waals surface area contributed by atoms with Gasteiger partial charge in [0.15, 0.2) is 5.82 Å². The van der Waals surface area contributed by atoms with E-state index in [0.717, 1.165) is 12.1 Å². The molecule has 0 saturated carbocycles. The van der Waals surface area contributed by atoms with Gasteiger partial charge in [0.1, 0.15) is 5.75 Å². The lowest BCUT2D eigenvalue weighted by Gasteiger charge is -2.15. The van der Waals surface area contributed by atoms with Crippen molar-refractivity contribution in [3.05, 3.63) is 29.6 Å². The molecule has 100 valence electrons. The van der Waals surface area contributed by atoms with Crippen LogP contribution in [0.2, 0.25) is 0 Å². The number of alkyl halides is 3. The standard InChI is InChI=1S/C10H11BF4O3/c1-6(2)17-11(16)18-8-5-3-4-7(9(8)12)10(13,14)15/h3-6,16H,1-2H3. The normalized spacial score (nSPS) is 11.8. The van der Waals surface area contributed by atoms with E-state index in [4.69, 9.17) is 4.65 Å². The van der Waals surface area contributed by atoms with Gasteiger partial charge in [-0.25, -0.2) is 4.39 Å². The van der Waals surface area contributed by atoms with Crippen LogP contribution in [-0.4, -0.2) is 18.4 Å². The molecule has 1 aromatic carbocycles. The maximum absolute atomic E-state index is 13.5. The molecule has 0 aliphatic carbocycles. The van der Waals surface area contributed by atoms with Crippen molar-refractivity contribution in [1.82, 2.24) is 0 Å². The molecule has 0 aliphatic rings. The van der Waals surface area contributed by atoms with E-state index in [1.54, 1.807) is 13.8 Å². The van der Waals surface area contributed by atoms with Crippen LogP contribution in [0.25, 0.3) is 0 Å². The van der Waals surface area contributed by atoms with Gasteiger partial charge in [-0.3, -0.25) is 0 Å². The molecule has 0 aliphatic heterocycles. The lowest BCUT2D eigenvalue weighted by Crippen LogP contribution is -2.30. The Labute approximate surface area is 102 Å². The summed E-state index contributed by atoms with van der Waals surface area (Å²) in [7, 11) is -1.83. The third-order valence-corrected chi connectivity index (χ3v) is 1.89. The second-order valence-electron chi connectivity index (χ2n) is 3.73. The number of hydrogen-bond donors (Lipinski definition) is 1. The monoisotopic (exact) mass is 266 g/mol. The van der Waals surface area contributed by atoms with E-state index in [0.29, 0.717) is 6.07 Å². The van der Waals surface area contributed by atoms with E-state index in [1.165, 1.54) is 0 Å². The number of rotatable bonds is 4. The Morgan fingerprint density at radius 3 is 2.39 bits per heavy atom. The molecule has 1 rings (SSSR count). The van der Waals surface area contributed by atoms with Crippen LogP contribution in [-0.2, 0) is 10.8 Å². The van der Waals surface area contributed by atoms with Gasteiger partial charge in [0, 0.05) is 6.10 Å². The van der Waals surface area contributed by atoms with Crippen molar-refractivity contribution in [3.8, 4) is 5.75 Å². The molecule has 0 fully saturated rings. The van der Waals surface area contributed by atoms with Crippen molar-refractivity contribution in [2.75, 3.05) is 0 Å². The fraction of sp³-hybridized carbons (Fsp3) is 0.400. The first-order valence-electron chi connectivity index (χ1n) is 5.07.